The average Bonchev–Trinajstić information content (AvgIpc) is 3.18. The number of nitrogens with one attached hydrogen (secondary N) is 1. The van der Waals surface area contributed by atoms with Gasteiger partial charge in [-0.2, -0.15) is 9.98 Å². The van der Waals surface area contributed by atoms with Gasteiger partial charge in [0.1, 0.15) is 5.52 Å². The predicted octanol–water partition coefficient (Wildman–Crippen LogP) is 3.63. The number of fused-ring (bicyclic) bond motifs is 1. The maximum Gasteiger partial charge on any atom is 0.325 e. The van der Waals surface area contributed by atoms with E-state index in [-0.39, 0.29) is 17.6 Å². The molecule has 1 amide bonds. The number of nitrogens with zero attached hydrogens (tertiary/aromatic N) is 3. The van der Waals surface area contributed by atoms with Gasteiger partial charge in [0.15, 0.2) is 10.8 Å². The molecule has 4 rings (SSSR count). The van der Waals surface area contributed by atoms with Crippen LogP contribution < -0.4 is 5.32 Å². The van der Waals surface area contributed by atoms with Crippen LogP contribution in [0.25, 0.3) is 17.2 Å². The molecule has 1 fully saturated rings. The summed E-state index contributed by atoms with van der Waals surface area (Å²) in [5.41, 5.74) is 1.80. The molecule has 9 heteroatoms. The quantitative estimate of drug-likeness (QED) is 0.430. The number of aromatic nitrogens is 1. The number of nitro benzene ring substituents is 1. The van der Waals surface area contributed by atoms with Crippen LogP contribution in [-0.2, 0) is 4.79 Å². The molecule has 3 aromatic rings. The number of para-hydroxylation sites is 2. The third kappa shape index (κ3) is 3.20. The maximum absolute atomic E-state index is 12.1. The van der Waals surface area contributed by atoms with Crippen molar-refractivity contribution < 1.29 is 14.1 Å². The van der Waals surface area contributed by atoms with Gasteiger partial charge in [-0.25, -0.2) is 0 Å². The third-order valence-electron chi connectivity index (χ3n) is 3.51. The highest BCUT2D eigenvalue weighted by Gasteiger charge is 2.24. The first-order valence-electron chi connectivity index (χ1n) is 7.48. The zero-order valence-electron chi connectivity index (χ0n) is 13.1. The Kier molecular flexibility index (Phi) is 3.98. The second-order valence-corrected chi connectivity index (χ2v) is 6.33. The van der Waals surface area contributed by atoms with Crippen molar-refractivity contribution in [1.29, 1.82) is 0 Å². The summed E-state index contributed by atoms with van der Waals surface area (Å²) >= 11 is 1.11. The van der Waals surface area contributed by atoms with Gasteiger partial charge in [0.25, 0.3) is 11.6 Å². The van der Waals surface area contributed by atoms with E-state index in [4.69, 9.17) is 4.42 Å². The lowest BCUT2D eigenvalue weighted by atomic mass is 10.2. The van der Waals surface area contributed by atoms with Crippen molar-refractivity contribution in [2.75, 3.05) is 0 Å². The van der Waals surface area contributed by atoms with Crippen molar-refractivity contribution in [3.63, 3.8) is 0 Å². The summed E-state index contributed by atoms with van der Waals surface area (Å²) in [6.45, 7) is 0. The Morgan fingerprint density at radius 3 is 2.88 bits per heavy atom. The SMILES string of the molecule is O=C1N/C(=N\c2nc3ccccc3o2)S/C1=C/c1cccc([N+](=O)[O-])c1. The molecule has 8 nitrogen and oxygen atoms in total. The summed E-state index contributed by atoms with van der Waals surface area (Å²) in [4.78, 5) is 31.3. The molecular weight excluding hydrogens is 356 g/mol. The van der Waals surface area contributed by atoms with Crippen LogP contribution in [0.15, 0.2) is 62.8 Å². The molecule has 1 aliphatic heterocycles. The highest BCUT2D eigenvalue weighted by molar-refractivity contribution is 8.18. The molecule has 0 unspecified atom stereocenters. The number of rotatable bonds is 3. The summed E-state index contributed by atoms with van der Waals surface area (Å²) in [7, 11) is 0. The Labute approximate surface area is 150 Å². The van der Waals surface area contributed by atoms with Crippen LogP contribution in [0.1, 0.15) is 5.56 Å². The molecule has 1 aliphatic rings. The fourth-order valence-corrected chi connectivity index (χ4v) is 3.17. The van der Waals surface area contributed by atoms with Gasteiger partial charge in [-0.1, -0.05) is 24.3 Å². The number of non-ortho nitro benzene ring substituents is 1. The third-order valence-corrected chi connectivity index (χ3v) is 4.42. The lowest BCUT2D eigenvalue weighted by Crippen LogP contribution is -2.19. The number of amidine groups is 1. The predicted molar refractivity (Wildman–Crippen MR) is 97.9 cm³/mol. The van der Waals surface area contributed by atoms with E-state index in [0.29, 0.717) is 26.7 Å². The zero-order chi connectivity index (χ0) is 18.1. The molecule has 0 radical (unpaired) electrons. The van der Waals surface area contributed by atoms with Crippen LogP contribution in [0.4, 0.5) is 11.7 Å². The number of aliphatic imine (C=N–C) groups is 1. The minimum Gasteiger partial charge on any atom is -0.422 e. The number of benzene rings is 2. The minimum absolute atomic E-state index is 0.0388. The molecule has 0 spiro atoms. The highest BCUT2D eigenvalue weighted by atomic mass is 32.2. The van der Waals surface area contributed by atoms with E-state index in [1.165, 1.54) is 12.1 Å². The van der Waals surface area contributed by atoms with Crippen LogP contribution in [0.2, 0.25) is 0 Å². The van der Waals surface area contributed by atoms with Gasteiger partial charge >= 0.3 is 6.01 Å². The van der Waals surface area contributed by atoms with Gasteiger partial charge in [-0.15, -0.1) is 0 Å². The smallest absolute Gasteiger partial charge is 0.325 e. The van der Waals surface area contributed by atoms with Crippen molar-refractivity contribution in [2.45, 2.75) is 0 Å². The van der Waals surface area contributed by atoms with Gasteiger partial charge in [-0.3, -0.25) is 14.9 Å². The van der Waals surface area contributed by atoms with E-state index in [1.807, 2.05) is 12.1 Å². The van der Waals surface area contributed by atoms with Crippen molar-refractivity contribution in [1.82, 2.24) is 10.3 Å². The average molecular weight is 366 g/mol. The summed E-state index contributed by atoms with van der Waals surface area (Å²) in [5.74, 6) is -0.337. The van der Waals surface area contributed by atoms with Crippen LogP contribution in [0, 0.1) is 10.1 Å². The molecule has 2 aromatic carbocycles. The lowest BCUT2D eigenvalue weighted by Gasteiger charge is -1.95. The van der Waals surface area contributed by atoms with Crippen molar-refractivity contribution in [3.05, 3.63) is 69.1 Å². The monoisotopic (exact) mass is 366 g/mol. The fourth-order valence-electron chi connectivity index (χ4n) is 2.35. The number of hydrogen-bond donors (Lipinski definition) is 1. The van der Waals surface area contributed by atoms with Crippen LogP contribution in [0.3, 0.4) is 0 Å². The Morgan fingerprint density at radius 2 is 2.08 bits per heavy atom. The Morgan fingerprint density at radius 1 is 1.23 bits per heavy atom. The molecule has 0 aliphatic carbocycles. The van der Waals surface area contributed by atoms with Gasteiger partial charge in [0, 0.05) is 12.1 Å². The lowest BCUT2D eigenvalue weighted by molar-refractivity contribution is -0.384. The number of thioether (sulfide) groups is 1. The summed E-state index contributed by atoms with van der Waals surface area (Å²) in [5, 5.41) is 13.8. The normalized spacial score (nSPS) is 17.2. The summed E-state index contributed by atoms with van der Waals surface area (Å²) in [6.07, 6.45) is 1.57. The van der Waals surface area contributed by atoms with Gasteiger partial charge in [0.05, 0.1) is 9.83 Å². The van der Waals surface area contributed by atoms with E-state index in [9.17, 15) is 14.9 Å². The van der Waals surface area contributed by atoms with E-state index in [1.54, 1.807) is 30.3 Å². The molecule has 0 bridgehead atoms. The molecule has 2 heterocycles. The van der Waals surface area contributed by atoms with E-state index in [2.05, 4.69) is 15.3 Å². The number of carbonyl (C=O) groups excluding carboxylic acids is 1. The molecule has 128 valence electrons. The number of carbonyl (C=O) groups is 1. The van der Waals surface area contributed by atoms with Gasteiger partial charge < -0.3 is 9.73 Å². The zero-order valence-corrected chi connectivity index (χ0v) is 13.9. The van der Waals surface area contributed by atoms with Gasteiger partial charge in [0.2, 0.25) is 0 Å². The highest BCUT2D eigenvalue weighted by Crippen LogP contribution is 2.29. The molecular formula is C17H10N4O4S. The van der Waals surface area contributed by atoms with Crippen molar-refractivity contribution >= 4 is 51.7 Å². The second-order valence-electron chi connectivity index (χ2n) is 5.30. The standard InChI is InChI=1S/C17H10N4O4S/c22-15-14(9-10-4-3-5-11(8-10)21(23)24)26-17(19-15)20-16-18-12-6-1-2-7-13(12)25-16/h1-9H,(H,18,19,20,22)/b14-9+. The molecule has 0 atom stereocenters. The van der Waals surface area contributed by atoms with E-state index >= 15 is 0 Å². The van der Waals surface area contributed by atoms with Gasteiger partial charge in [-0.05, 0) is 35.5 Å². The van der Waals surface area contributed by atoms with E-state index in [0.717, 1.165) is 11.8 Å². The topological polar surface area (TPSA) is 111 Å². The Bertz CT molecular complexity index is 1070. The number of nitro groups is 1. The van der Waals surface area contributed by atoms with Crippen molar-refractivity contribution in [3.8, 4) is 0 Å². The molecule has 1 N–H and O–H groups in total. The Balaban J connectivity index is 1.60. The molecule has 26 heavy (non-hydrogen) atoms. The van der Waals surface area contributed by atoms with E-state index < -0.39 is 4.92 Å². The number of hydrogen-bond acceptors (Lipinski definition) is 7. The largest absolute Gasteiger partial charge is 0.422 e. The summed E-state index contributed by atoms with van der Waals surface area (Å²) in [6, 6.07) is 13.4. The second kappa shape index (κ2) is 6.45. The number of amides is 1. The van der Waals surface area contributed by atoms with Crippen LogP contribution in [0.5, 0.6) is 0 Å². The fraction of sp³-hybridized carbons (Fsp3) is 0. The maximum atomic E-state index is 12.1. The van der Waals surface area contributed by atoms with Crippen LogP contribution >= 0.6 is 11.8 Å². The molecule has 1 saturated heterocycles. The molecule has 0 saturated carbocycles. The van der Waals surface area contributed by atoms with Crippen molar-refractivity contribution in [2.24, 2.45) is 4.99 Å². The first-order valence-corrected chi connectivity index (χ1v) is 8.30. The first kappa shape index (κ1) is 16.0. The minimum atomic E-state index is -0.482. The first-order chi connectivity index (χ1) is 12.6. The van der Waals surface area contributed by atoms with Crippen LogP contribution in [-0.4, -0.2) is 21.0 Å². The summed E-state index contributed by atoms with van der Waals surface area (Å²) < 4.78 is 5.50. The molecule has 1 aromatic heterocycles. The number of oxazole rings is 1. The Hall–Kier alpha value is -3.46.